The molecule has 0 saturated heterocycles. The fraction of sp³-hybridized carbons (Fsp3) is 0.308. The summed E-state index contributed by atoms with van der Waals surface area (Å²) in [6, 6.07) is 22.2. The third kappa shape index (κ3) is 4.41. The van der Waals surface area contributed by atoms with Crippen LogP contribution in [0.4, 0.5) is 0 Å². The van der Waals surface area contributed by atoms with Crippen LogP contribution in [0, 0.1) is 5.41 Å². The highest BCUT2D eigenvalue weighted by Gasteiger charge is 2.25. The van der Waals surface area contributed by atoms with Crippen molar-refractivity contribution in [1.82, 2.24) is 14.9 Å². The van der Waals surface area contributed by atoms with E-state index in [9.17, 15) is 4.79 Å². The van der Waals surface area contributed by atoms with Crippen LogP contribution in [0.25, 0.3) is 21.8 Å². The van der Waals surface area contributed by atoms with Gasteiger partial charge in [-0.2, -0.15) is 0 Å². The molecular weight excluding hydrogens is 386 g/mol. The van der Waals surface area contributed by atoms with E-state index in [4.69, 9.17) is 9.72 Å². The SMILES string of the molecule is CC(NC(=O)C(C)(C)C)c1nc2ccccc2n1CCOc1cccc2ccccc12. The van der Waals surface area contributed by atoms with Gasteiger partial charge in [0.25, 0.3) is 0 Å². The lowest BCUT2D eigenvalue weighted by molar-refractivity contribution is -0.129. The van der Waals surface area contributed by atoms with E-state index >= 15 is 0 Å². The molecule has 1 N–H and O–H groups in total. The first-order chi connectivity index (χ1) is 14.8. The zero-order valence-electron chi connectivity index (χ0n) is 18.6. The molecule has 0 aliphatic carbocycles. The maximum absolute atomic E-state index is 12.5. The van der Waals surface area contributed by atoms with E-state index < -0.39 is 5.41 Å². The topological polar surface area (TPSA) is 56.2 Å². The van der Waals surface area contributed by atoms with Crippen LogP contribution in [0.3, 0.4) is 0 Å². The van der Waals surface area contributed by atoms with Crippen LogP contribution in [-0.4, -0.2) is 22.1 Å². The Bertz CT molecular complexity index is 1220. The lowest BCUT2D eigenvalue weighted by Crippen LogP contribution is -2.37. The minimum Gasteiger partial charge on any atom is -0.491 e. The number of rotatable bonds is 6. The Morgan fingerprint density at radius 3 is 2.55 bits per heavy atom. The first-order valence-corrected chi connectivity index (χ1v) is 10.7. The van der Waals surface area contributed by atoms with Crippen molar-refractivity contribution in [3.8, 4) is 5.75 Å². The highest BCUT2D eigenvalue weighted by molar-refractivity contribution is 5.88. The summed E-state index contributed by atoms with van der Waals surface area (Å²) in [4.78, 5) is 17.3. The largest absolute Gasteiger partial charge is 0.491 e. The molecule has 1 aromatic heterocycles. The Balaban J connectivity index is 1.58. The average molecular weight is 416 g/mol. The van der Waals surface area contributed by atoms with Crippen molar-refractivity contribution in [3.05, 3.63) is 72.6 Å². The molecule has 0 spiro atoms. The molecule has 1 unspecified atom stereocenters. The molecule has 0 bridgehead atoms. The number of nitrogens with one attached hydrogen (secondary N) is 1. The number of carbonyl (C=O) groups is 1. The van der Waals surface area contributed by atoms with Gasteiger partial charge in [-0.1, -0.05) is 69.3 Å². The van der Waals surface area contributed by atoms with Gasteiger partial charge in [0.1, 0.15) is 18.2 Å². The minimum atomic E-state index is -0.456. The molecule has 0 saturated carbocycles. The maximum atomic E-state index is 12.5. The van der Waals surface area contributed by atoms with Gasteiger partial charge >= 0.3 is 0 Å². The molecule has 3 aromatic carbocycles. The highest BCUT2D eigenvalue weighted by atomic mass is 16.5. The number of hydrogen-bond acceptors (Lipinski definition) is 3. The smallest absolute Gasteiger partial charge is 0.225 e. The van der Waals surface area contributed by atoms with Crippen molar-refractivity contribution in [2.75, 3.05) is 6.61 Å². The Hall–Kier alpha value is -3.34. The quantitative estimate of drug-likeness (QED) is 0.453. The predicted octanol–water partition coefficient (Wildman–Crippen LogP) is 5.49. The predicted molar refractivity (Wildman–Crippen MR) is 125 cm³/mol. The van der Waals surface area contributed by atoms with E-state index in [0.717, 1.165) is 33.4 Å². The Kier molecular flexibility index (Phi) is 5.68. The summed E-state index contributed by atoms with van der Waals surface area (Å²) in [6.45, 7) is 8.85. The van der Waals surface area contributed by atoms with Crippen LogP contribution in [0.15, 0.2) is 66.7 Å². The highest BCUT2D eigenvalue weighted by Crippen LogP contribution is 2.26. The summed E-state index contributed by atoms with van der Waals surface area (Å²) >= 11 is 0. The Morgan fingerprint density at radius 2 is 1.74 bits per heavy atom. The zero-order valence-corrected chi connectivity index (χ0v) is 18.6. The summed E-state index contributed by atoms with van der Waals surface area (Å²) in [6.07, 6.45) is 0. The third-order valence-corrected chi connectivity index (χ3v) is 5.42. The fourth-order valence-corrected chi connectivity index (χ4v) is 3.71. The lowest BCUT2D eigenvalue weighted by atomic mass is 9.95. The molecular formula is C26H29N3O2. The van der Waals surface area contributed by atoms with Crippen molar-refractivity contribution >= 4 is 27.7 Å². The van der Waals surface area contributed by atoms with Gasteiger partial charge in [0.2, 0.25) is 5.91 Å². The van der Waals surface area contributed by atoms with Crippen LogP contribution >= 0.6 is 0 Å². The van der Waals surface area contributed by atoms with E-state index in [1.54, 1.807) is 0 Å². The van der Waals surface area contributed by atoms with Crippen molar-refractivity contribution in [2.24, 2.45) is 5.41 Å². The van der Waals surface area contributed by atoms with E-state index in [1.165, 1.54) is 0 Å². The summed E-state index contributed by atoms with van der Waals surface area (Å²) in [5.41, 5.74) is 1.50. The molecule has 160 valence electrons. The van der Waals surface area contributed by atoms with E-state index in [2.05, 4.69) is 34.1 Å². The number of hydrogen-bond donors (Lipinski definition) is 1. The molecule has 4 aromatic rings. The molecule has 0 aliphatic rings. The lowest BCUT2D eigenvalue weighted by Gasteiger charge is -2.22. The van der Waals surface area contributed by atoms with Gasteiger partial charge in [0.15, 0.2) is 0 Å². The summed E-state index contributed by atoms with van der Waals surface area (Å²) in [5, 5.41) is 5.37. The number of carbonyl (C=O) groups excluding carboxylic acids is 1. The average Bonchev–Trinajstić information content (AvgIpc) is 3.12. The Labute approximate surface area is 183 Å². The van der Waals surface area contributed by atoms with Gasteiger partial charge in [-0.15, -0.1) is 0 Å². The van der Waals surface area contributed by atoms with Gasteiger partial charge in [0, 0.05) is 10.8 Å². The standard InChI is InChI=1S/C26H29N3O2/c1-18(27-25(30)26(2,3)4)24-28-21-13-7-8-14-22(21)29(24)16-17-31-23-15-9-11-19-10-5-6-12-20(19)23/h5-15,18H,16-17H2,1-4H3,(H,27,30). The minimum absolute atomic E-state index is 0.00520. The molecule has 5 nitrogen and oxygen atoms in total. The fourth-order valence-electron chi connectivity index (χ4n) is 3.71. The molecule has 1 heterocycles. The first-order valence-electron chi connectivity index (χ1n) is 10.7. The van der Waals surface area contributed by atoms with Crippen molar-refractivity contribution < 1.29 is 9.53 Å². The Morgan fingerprint density at radius 1 is 1.03 bits per heavy atom. The van der Waals surface area contributed by atoms with E-state index in [-0.39, 0.29) is 11.9 Å². The maximum Gasteiger partial charge on any atom is 0.225 e. The van der Waals surface area contributed by atoms with Gasteiger partial charge in [-0.3, -0.25) is 4.79 Å². The number of nitrogens with zero attached hydrogens (tertiary/aromatic N) is 2. The monoisotopic (exact) mass is 415 g/mol. The summed E-state index contributed by atoms with van der Waals surface area (Å²) in [7, 11) is 0. The first kappa shape index (κ1) is 20.9. The zero-order chi connectivity index (χ0) is 22.0. The van der Waals surface area contributed by atoms with Gasteiger partial charge in [0.05, 0.1) is 23.6 Å². The van der Waals surface area contributed by atoms with Crippen LogP contribution in [0.5, 0.6) is 5.75 Å². The molecule has 0 aliphatic heterocycles. The molecule has 1 atom stereocenters. The third-order valence-electron chi connectivity index (χ3n) is 5.42. The van der Waals surface area contributed by atoms with Crippen LogP contribution in [0.2, 0.25) is 0 Å². The number of fused-ring (bicyclic) bond motifs is 2. The second-order valence-corrected chi connectivity index (χ2v) is 8.88. The second kappa shape index (κ2) is 8.42. The van der Waals surface area contributed by atoms with E-state index in [1.807, 2.05) is 70.2 Å². The number of aromatic nitrogens is 2. The number of para-hydroxylation sites is 2. The van der Waals surface area contributed by atoms with Crippen molar-refractivity contribution in [2.45, 2.75) is 40.3 Å². The number of imidazole rings is 1. The number of amides is 1. The van der Waals surface area contributed by atoms with Gasteiger partial charge in [-0.05, 0) is 30.5 Å². The van der Waals surface area contributed by atoms with Crippen LogP contribution in [0.1, 0.15) is 39.6 Å². The van der Waals surface area contributed by atoms with Crippen molar-refractivity contribution in [3.63, 3.8) is 0 Å². The molecule has 0 radical (unpaired) electrons. The van der Waals surface area contributed by atoms with Crippen LogP contribution < -0.4 is 10.1 Å². The van der Waals surface area contributed by atoms with Gasteiger partial charge in [-0.25, -0.2) is 4.98 Å². The summed E-state index contributed by atoms with van der Waals surface area (Å²) in [5.74, 6) is 1.71. The number of benzene rings is 3. The van der Waals surface area contributed by atoms with E-state index in [0.29, 0.717) is 13.2 Å². The molecule has 31 heavy (non-hydrogen) atoms. The second-order valence-electron chi connectivity index (χ2n) is 8.88. The normalized spacial score (nSPS) is 12.8. The van der Waals surface area contributed by atoms with Crippen LogP contribution in [-0.2, 0) is 11.3 Å². The molecule has 1 amide bonds. The molecule has 4 rings (SSSR count). The molecule has 5 heteroatoms. The number of ether oxygens (including phenoxy) is 1. The van der Waals surface area contributed by atoms with Gasteiger partial charge < -0.3 is 14.6 Å². The van der Waals surface area contributed by atoms with Crippen molar-refractivity contribution in [1.29, 1.82) is 0 Å². The summed E-state index contributed by atoms with van der Waals surface area (Å²) < 4.78 is 8.32. The molecule has 0 fully saturated rings.